The van der Waals surface area contributed by atoms with Crippen LogP contribution in [0.2, 0.25) is 0 Å². The minimum atomic E-state index is 0.854. The van der Waals surface area contributed by atoms with Crippen LogP contribution >= 0.6 is 0 Å². The Morgan fingerprint density at radius 3 is 2.79 bits per heavy atom. The molecular formula is C12H22N2. The van der Waals surface area contributed by atoms with Crippen LogP contribution in [0.15, 0.2) is 0 Å². The van der Waals surface area contributed by atoms with Gasteiger partial charge < -0.3 is 10.2 Å². The van der Waals surface area contributed by atoms with E-state index < -0.39 is 0 Å². The van der Waals surface area contributed by atoms with E-state index in [0.29, 0.717) is 0 Å². The highest BCUT2D eigenvalue weighted by atomic mass is 15.2. The molecule has 2 heteroatoms. The molecule has 14 heavy (non-hydrogen) atoms. The molecule has 0 aromatic carbocycles. The van der Waals surface area contributed by atoms with Gasteiger partial charge >= 0.3 is 0 Å². The first-order valence-electron chi connectivity index (χ1n) is 6.37. The van der Waals surface area contributed by atoms with E-state index in [1.54, 1.807) is 0 Å². The summed E-state index contributed by atoms with van der Waals surface area (Å²) in [6.45, 7) is 5.37. The van der Waals surface area contributed by atoms with E-state index >= 15 is 0 Å². The summed E-state index contributed by atoms with van der Waals surface area (Å²) in [5, 5.41) is 3.79. The van der Waals surface area contributed by atoms with Crippen LogP contribution in [0.3, 0.4) is 0 Å². The van der Waals surface area contributed by atoms with Gasteiger partial charge in [-0.2, -0.15) is 0 Å². The lowest BCUT2D eigenvalue weighted by Gasteiger charge is -2.31. The monoisotopic (exact) mass is 194 g/mol. The van der Waals surface area contributed by atoms with Crippen molar-refractivity contribution < 1.29 is 0 Å². The molecule has 1 saturated carbocycles. The molecule has 3 unspecified atom stereocenters. The van der Waals surface area contributed by atoms with Crippen molar-refractivity contribution in [3.05, 3.63) is 0 Å². The summed E-state index contributed by atoms with van der Waals surface area (Å²) in [6, 6.07) is 0.854. The second-order valence-corrected chi connectivity index (χ2v) is 5.43. The Kier molecular flexibility index (Phi) is 2.50. The molecule has 1 N–H and O–H groups in total. The van der Waals surface area contributed by atoms with E-state index in [1.807, 2.05) is 0 Å². The van der Waals surface area contributed by atoms with E-state index in [9.17, 15) is 0 Å². The summed E-state index contributed by atoms with van der Waals surface area (Å²) in [6.07, 6.45) is 7.29. The van der Waals surface area contributed by atoms with Crippen molar-refractivity contribution in [1.82, 2.24) is 10.2 Å². The van der Waals surface area contributed by atoms with E-state index in [0.717, 1.165) is 17.9 Å². The number of piperidine rings is 1. The molecule has 2 heterocycles. The van der Waals surface area contributed by atoms with Gasteiger partial charge in [-0.15, -0.1) is 0 Å². The number of fused-ring (bicyclic) bond motifs is 2. The Morgan fingerprint density at radius 2 is 1.93 bits per heavy atom. The highest BCUT2D eigenvalue weighted by Crippen LogP contribution is 2.32. The molecule has 2 saturated heterocycles. The molecule has 3 rings (SSSR count). The second kappa shape index (κ2) is 3.82. The Bertz CT molecular complexity index is 200. The first kappa shape index (κ1) is 9.17. The summed E-state index contributed by atoms with van der Waals surface area (Å²) in [5.74, 6) is 2.06. The normalized spacial score (nSPS) is 41.6. The molecule has 2 aliphatic heterocycles. The molecule has 3 atom stereocenters. The third-order valence-electron chi connectivity index (χ3n) is 4.29. The van der Waals surface area contributed by atoms with Crippen molar-refractivity contribution in [2.75, 3.05) is 26.2 Å². The van der Waals surface area contributed by atoms with Crippen molar-refractivity contribution in [3.8, 4) is 0 Å². The molecule has 0 spiro atoms. The first-order chi connectivity index (χ1) is 6.92. The standard InChI is InChI=1S/C12H22N2/c1-2-10(1)3-6-13-12-5-8-14-7-4-11(12)9-14/h10-13H,1-9H2. The van der Waals surface area contributed by atoms with Crippen LogP contribution < -0.4 is 5.32 Å². The van der Waals surface area contributed by atoms with Gasteiger partial charge in [0.05, 0.1) is 0 Å². The van der Waals surface area contributed by atoms with Gasteiger partial charge in [-0.05, 0) is 50.7 Å². The van der Waals surface area contributed by atoms with E-state index in [4.69, 9.17) is 0 Å². The van der Waals surface area contributed by atoms with Gasteiger partial charge in [-0.1, -0.05) is 12.8 Å². The smallest absolute Gasteiger partial charge is 0.0120 e. The quantitative estimate of drug-likeness (QED) is 0.729. The SMILES string of the molecule is C(CC1CC1)NC1CCN2CCC1C2. The minimum absolute atomic E-state index is 0.854. The van der Waals surface area contributed by atoms with Gasteiger partial charge in [0.1, 0.15) is 0 Å². The first-order valence-corrected chi connectivity index (χ1v) is 6.37. The Labute approximate surface area is 87.0 Å². The second-order valence-electron chi connectivity index (χ2n) is 5.43. The van der Waals surface area contributed by atoms with Gasteiger partial charge in [0.2, 0.25) is 0 Å². The summed E-state index contributed by atoms with van der Waals surface area (Å²) in [5.41, 5.74) is 0. The molecule has 0 aromatic heterocycles. The molecule has 2 nitrogen and oxygen atoms in total. The number of nitrogens with one attached hydrogen (secondary N) is 1. The van der Waals surface area contributed by atoms with Crippen molar-refractivity contribution in [3.63, 3.8) is 0 Å². The number of hydrogen-bond donors (Lipinski definition) is 1. The molecule has 2 bridgehead atoms. The van der Waals surface area contributed by atoms with Gasteiger partial charge in [0.25, 0.3) is 0 Å². The summed E-state index contributed by atoms with van der Waals surface area (Å²) in [7, 11) is 0. The molecule has 3 fully saturated rings. The van der Waals surface area contributed by atoms with Crippen LogP contribution in [0.4, 0.5) is 0 Å². The van der Waals surface area contributed by atoms with Crippen LogP contribution in [0.5, 0.6) is 0 Å². The minimum Gasteiger partial charge on any atom is -0.314 e. The molecule has 80 valence electrons. The highest BCUT2D eigenvalue weighted by Gasteiger charge is 2.33. The fourth-order valence-corrected chi connectivity index (χ4v) is 3.10. The highest BCUT2D eigenvalue weighted by molar-refractivity contribution is 4.90. The fraction of sp³-hybridized carbons (Fsp3) is 1.00. The fourth-order valence-electron chi connectivity index (χ4n) is 3.10. The Balaban J connectivity index is 1.42. The van der Waals surface area contributed by atoms with E-state index in [-0.39, 0.29) is 0 Å². The molecule has 1 aliphatic carbocycles. The zero-order valence-electron chi connectivity index (χ0n) is 9.04. The maximum atomic E-state index is 3.79. The van der Waals surface area contributed by atoms with Gasteiger partial charge in [0, 0.05) is 12.6 Å². The number of hydrogen-bond acceptors (Lipinski definition) is 2. The predicted molar refractivity (Wildman–Crippen MR) is 58.3 cm³/mol. The lowest BCUT2D eigenvalue weighted by atomic mass is 9.94. The van der Waals surface area contributed by atoms with E-state index in [1.165, 1.54) is 58.3 Å². The molecule has 0 amide bonds. The van der Waals surface area contributed by atoms with Crippen LogP contribution in [0.1, 0.15) is 32.1 Å². The zero-order chi connectivity index (χ0) is 9.38. The predicted octanol–water partition coefficient (Wildman–Crippen LogP) is 1.47. The van der Waals surface area contributed by atoms with Crippen molar-refractivity contribution in [2.24, 2.45) is 11.8 Å². The Hall–Kier alpha value is -0.0800. The summed E-state index contributed by atoms with van der Waals surface area (Å²) < 4.78 is 0. The Morgan fingerprint density at radius 1 is 1.07 bits per heavy atom. The number of nitrogens with zero attached hydrogens (tertiary/aromatic N) is 1. The lowest BCUT2D eigenvalue weighted by molar-refractivity contribution is 0.220. The molecule has 0 radical (unpaired) electrons. The largest absolute Gasteiger partial charge is 0.314 e. The maximum absolute atomic E-state index is 3.79. The topological polar surface area (TPSA) is 15.3 Å². The third kappa shape index (κ3) is 1.96. The summed E-state index contributed by atoms with van der Waals surface area (Å²) in [4.78, 5) is 2.63. The van der Waals surface area contributed by atoms with Crippen LogP contribution in [-0.4, -0.2) is 37.1 Å². The van der Waals surface area contributed by atoms with Crippen LogP contribution in [-0.2, 0) is 0 Å². The average Bonchev–Trinajstić information content (AvgIpc) is 2.94. The lowest BCUT2D eigenvalue weighted by Crippen LogP contribution is -2.44. The van der Waals surface area contributed by atoms with Gasteiger partial charge in [-0.3, -0.25) is 0 Å². The summed E-state index contributed by atoms with van der Waals surface area (Å²) >= 11 is 0. The average molecular weight is 194 g/mol. The number of rotatable bonds is 4. The molecule has 0 aromatic rings. The van der Waals surface area contributed by atoms with Crippen molar-refractivity contribution in [1.29, 1.82) is 0 Å². The van der Waals surface area contributed by atoms with E-state index in [2.05, 4.69) is 10.2 Å². The van der Waals surface area contributed by atoms with Crippen molar-refractivity contribution >= 4 is 0 Å². The zero-order valence-corrected chi connectivity index (χ0v) is 9.04. The van der Waals surface area contributed by atoms with Crippen LogP contribution in [0, 0.1) is 11.8 Å². The van der Waals surface area contributed by atoms with Gasteiger partial charge in [-0.25, -0.2) is 0 Å². The molecule has 3 aliphatic rings. The molecular weight excluding hydrogens is 172 g/mol. The van der Waals surface area contributed by atoms with Crippen LogP contribution in [0.25, 0.3) is 0 Å². The third-order valence-corrected chi connectivity index (χ3v) is 4.29. The van der Waals surface area contributed by atoms with Gasteiger partial charge in [0.15, 0.2) is 0 Å². The van der Waals surface area contributed by atoms with Crippen molar-refractivity contribution in [2.45, 2.75) is 38.1 Å². The maximum Gasteiger partial charge on any atom is 0.0120 e.